The minimum absolute atomic E-state index is 0.398. The Labute approximate surface area is 80.2 Å². The van der Waals surface area contributed by atoms with Gasteiger partial charge in [-0.05, 0) is 44.7 Å². The van der Waals surface area contributed by atoms with Gasteiger partial charge in [0.2, 0.25) is 0 Å². The van der Waals surface area contributed by atoms with E-state index in [1.807, 2.05) is 6.08 Å². The molecule has 0 radical (unpaired) electrons. The van der Waals surface area contributed by atoms with E-state index in [9.17, 15) is 5.11 Å². The first-order valence-electron chi connectivity index (χ1n) is 5.30. The molecule has 2 bridgehead atoms. The van der Waals surface area contributed by atoms with Crippen LogP contribution in [-0.2, 0) is 0 Å². The maximum atomic E-state index is 10.4. The second-order valence-electron chi connectivity index (χ2n) is 4.48. The fraction of sp³-hybridized carbons (Fsp3) is 0.818. The zero-order chi connectivity index (χ0) is 9.31. The number of rotatable bonds is 3. The molecule has 0 aliphatic carbocycles. The highest BCUT2D eigenvalue weighted by atomic mass is 16.3. The van der Waals surface area contributed by atoms with Gasteiger partial charge in [-0.2, -0.15) is 0 Å². The molecule has 3 aliphatic rings. The predicted octanol–water partition coefficient (Wildman–Crippen LogP) is 1.41. The molecule has 1 atom stereocenters. The third kappa shape index (κ3) is 1.65. The Balaban J connectivity index is 2.01. The van der Waals surface area contributed by atoms with Crippen LogP contribution in [0.5, 0.6) is 0 Å². The van der Waals surface area contributed by atoms with E-state index in [1.54, 1.807) is 0 Å². The molecular weight excluding hydrogens is 162 g/mol. The van der Waals surface area contributed by atoms with Gasteiger partial charge in [0.25, 0.3) is 0 Å². The lowest BCUT2D eigenvalue weighted by Crippen LogP contribution is -2.58. The van der Waals surface area contributed by atoms with Crippen LogP contribution in [-0.4, -0.2) is 35.2 Å². The molecule has 0 aromatic rings. The maximum Gasteiger partial charge on any atom is 0.0805 e. The van der Waals surface area contributed by atoms with Crippen molar-refractivity contribution in [3.63, 3.8) is 0 Å². The molecule has 0 aromatic carbocycles. The molecule has 3 aliphatic heterocycles. The molecule has 3 fully saturated rings. The van der Waals surface area contributed by atoms with Crippen LogP contribution >= 0.6 is 0 Å². The molecule has 2 nitrogen and oxygen atoms in total. The van der Waals surface area contributed by atoms with Crippen molar-refractivity contribution < 1.29 is 5.11 Å². The first-order chi connectivity index (χ1) is 6.24. The molecule has 3 heterocycles. The minimum atomic E-state index is -0.398. The summed E-state index contributed by atoms with van der Waals surface area (Å²) in [5.74, 6) is 0.553. The molecule has 1 unspecified atom stereocenters. The molecule has 0 amide bonds. The predicted molar refractivity (Wildman–Crippen MR) is 53.5 cm³/mol. The monoisotopic (exact) mass is 181 g/mol. The quantitative estimate of drug-likeness (QED) is 0.665. The summed E-state index contributed by atoms with van der Waals surface area (Å²) in [4.78, 5) is 2.39. The third-order valence-electron chi connectivity index (χ3n) is 3.63. The van der Waals surface area contributed by atoms with E-state index in [4.69, 9.17) is 0 Å². The van der Waals surface area contributed by atoms with Crippen LogP contribution in [0.1, 0.15) is 25.7 Å². The number of allylic oxidation sites excluding steroid dienone is 1. The van der Waals surface area contributed by atoms with Crippen LogP contribution in [0.25, 0.3) is 0 Å². The van der Waals surface area contributed by atoms with Crippen LogP contribution in [0.15, 0.2) is 12.7 Å². The Kier molecular flexibility index (Phi) is 2.43. The van der Waals surface area contributed by atoms with E-state index in [0.717, 1.165) is 19.4 Å². The number of piperidine rings is 3. The first kappa shape index (κ1) is 9.22. The highest BCUT2D eigenvalue weighted by Crippen LogP contribution is 2.38. The Bertz CT molecular complexity index is 196. The van der Waals surface area contributed by atoms with Crippen molar-refractivity contribution in [3.05, 3.63) is 12.7 Å². The van der Waals surface area contributed by atoms with Gasteiger partial charge >= 0.3 is 0 Å². The Morgan fingerprint density at radius 3 is 2.62 bits per heavy atom. The summed E-state index contributed by atoms with van der Waals surface area (Å²) in [7, 11) is 0. The second-order valence-corrected chi connectivity index (χ2v) is 4.48. The van der Waals surface area contributed by atoms with Gasteiger partial charge in [0.05, 0.1) is 5.60 Å². The third-order valence-corrected chi connectivity index (χ3v) is 3.63. The zero-order valence-electron chi connectivity index (χ0n) is 8.21. The standard InChI is InChI=1S/C11H19NO/c1-2-3-6-11(13)9-12-7-4-10(11)5-8-12/h2,10,13H,1,3-9H2. The molecular formula is C11H19NO. The summed E-state index contributed by atoms with van der Waals surface area (Å²) in [6.07, 6.45) is 6.13. The van der Waals surface area contributed by atoms with Gasteiger partial charge in [-0.1, -0.05) is 6.08 Å². The molecule has 74 valence electrons. The van der Waals surface area contributed by atoms with Crippen LogP contribution in [0.3, 0.4) is 0 Å². The lowest BCUT2D eigenvalue weighted by molar-refractivity contribution is -0.115. The van der Waals surface area contributed by atoms with Crippen LogP contribution < -0.4 is 0 Å². The first-order valence-corrected chi connectivity index (χ1v) is 5.30. The van der Waals surface area contributed by atoms with Crippen molar-refractivity contribution in [2.45, 2.75) is 31.3 Å². The average molecular weight is 181 g/mol. The maximum absolute atomic E-state index is 10.4. The van der Waals surface area contributed by atoms with Crippen molar-refractivity contribution in [1.29, 1.82) is 0 Å². The van der Waals surface area contributed by atoms with E-state index in [0.29, 0.717) is 5.92 Å². The molecule has 13 heavy (non-hydrogen) atoms. The van der Waals surface area contributed by atoms with Gasteiger partial charge in [-0.15, -0.1) is 6.58 Å². The Hall–Kier alpha value is -0.340. The summed E-state index contributed by atoms with van der Waals surface area (Å²) in [5.41, 5.74) is -0.398. The molecule has 0 saturated carbocycles. The SMILES string of the molecule is C=CCCC1(O)CN2CCC1CC2. The van der Waals surface area contributed by atoms with Crippen molar-refractivity contribution >= 4 is 0 Å². The molecule has 1 N–H and O–H groups in total. The largest absolute Gasteiger partial charge is 0.388 e. The highest BCUT2D eigenvalue weighted by molar-refractivity contribution is 4.98. The summed E-state index contributed by atoms with van der Waals surface area (Å²) in [6, 6.07) is 0. The normalized spacial score (nSPS) is 43.5. The van der Waals surface area contributed by atoms with Gasteiger partial charge in [-0.25, -0.2) is 0 Å². The topological polar surface area (TPSA) is 23.5 Å². The summed E-state index contributed by atoms with van der Waals surface area (Å²) in [5, 5.41) is 10.4. The van der Waals surface area contributed by atoms with E-state index < -0.39 is 5.60 Å². The fourth-order valence-corrected chi connectivity index (χ4v) is 2.78. The van der Waals surface area contributed by atoms with Gasteiger partial charge in [0, 0.05) is 6.54 Å². The number of hydrogen-bond donors (Lipinski definition) is 1. The second kappa shape index (κ2) is 3.43. The zero-order valence-corrected chi connectivity index (χ0v) is 8.21. The number of nitrogens with zero attached hydrogens (tertiary/aromatic N) is 1. The van der Waals surface area contributed by atoms with Crippen molar-refractivity contribution in [2.75, 3.05) is 19.6 Å². The van der Waals surface area contributed by atoms with Gasteiger partial charge in [0.1, 0.15) is 0 Å². The lowest BCUT2D eigenvalue weighted by atomic mass is 9.73. The molecule has 3 saturated heterocycles. The Morgan fingerprint density at radius 1 is 1.46 bits per heavy atom. The van der Waals surface area contributed by atoms with Crippen LogP contribution in [0.2, 0.25) is 0 Å². The van der Waals surface area contributed by atoms with Gasteiger partial charge < -0.3 is 10.0 Å². The van der Waals surface area contributed by atoms with Crippen molar-refractivity contribution in [3.8, 4) is 0 Å². The summed E-state index contributed by atoms with van der Waals surface area (Å²) in [6.45, 7) is 7.00. The van der Waals surface area contributed by atoms with Crippen molar-refractivity contribution in [2.24, 2.45) is 5.92 Å². The minimum Gasteiger partial charge on any atom is -0.388 e. The van der Waals surface area contributed by atoms with Gasteiger partial charge in [0.15, 0.2) is 0 Å². The smallest absolute Gasteiger partial charge is 0.0805 e. The number of fused-ring (bicyclic) bond motifs is 3. The number of aliphatic hydroxyl groups is 1. The summed E-state index contributed by atoms with van der Waals surface area (Å²) < 4.78 is 0. The van der Waals surface area contributed by atoms with E-state index in [-0.39, 0.29) is 0 Å². The highest BCUT2D eigenvalue weighted by Gasteiger charge is 2.44. The van der Waals surface area contributed by atoms with Crippen LogP contribution in [0.4, 0.5) is 0 Å². The van der Waals surface area contributed by atoms with E-state index >= 15 is 0 Å². The lowest BCUT2D eigenvalue weighted by Gasteiger charge is -2.50. The van der Waals surface area contributed by atoms with E-state index in [2.05, 4.69) is 11.5 Å². The average Bonchev–Trinajstić information content (AvgIpc) is 2.16. The van der Waals surface area contributed by atoms with E-state index in [1.165, 1.54) is 25.9 Å². The molecule has 3 rings (SSSR count). The molecule has 0 spiro atoms. The van der Waals surface area contributed by atoms with Crippen LogP contribution in [0, 0.1) is 5.92 Å². The number of hydrogen-bond acceptors (Lipinski definition) is 2. The van der Waals surface area contributed by atoms with Gasteiger partial charge in [-0.3, -0.25) is 0 Å². The summed E-state index contributed by atoms with van der Waals surface area (Å²) >= 11 is 0. The molecule has 0 aromatic heterocycles. The van der Waals surface area contributed by atoms with Crippen molar-refractivity contribution in [1.82, 2.24) is 4.90 Å². The Morgan fingerprint density at radius 2 is 2.15 bits per heavy atom. The fourth-order valence-electron chi connectivity index (χ4n) is 2.78. The molecule has 2 heteroatoms.